The first-order valence-electron chi connectivity index (χ1n) is 16.6. The summed E-state index contributed by atoms with van der Waals surface area (Å²) in [6, 6.07) is 52.7. The van der Waals surface area contributed by atoms with Crippen molar-refractivity contribution in [2.75, 3.05) is 0 Å². The molecule has 9 rings (SSSR count). The number of nitrogens with zero attached hydrogens (tertiary/aromatic N) is 3. The van der Waals surface area contributed by atoms with E-state index >= 15 is 0 Å². The summed E-state index contributed by atoms with van der Waals surface area (Å²) < 4.78 is 20.8. The van der Waals surface area contributed by atoms with Crippen molar-refractivity contribution in [2.45, 2.75) is 0 Å². The van der Waals surface area contributed by atoms with Gasteiger partial charge in [-0.2, -0.15) is 0 Å². The predicted molar refractivity (Wildman–Crippen MR) is 203 cm³/mol. The van der Waals surface area contributed by atoms with Crippen LogP contribution in [0.2, 0.25) is 0 Å². The summed E-state index contributed by atoms with van der Waals surface area (Å²) in [6.45, 7) is 0. The fourth-order valence-electron chi connectivity index (χ4n) is 5.75. The molecule has 0 fully saturated rings. The van der Waals surface area contributed by atoms with Gasteiger partial charge in [-0.3, -0.25) is 13.7 Å². The molecule has 0 aliphatic rings. The number of rotatable bonds is 3. The molecule has 270 valence electrons. The Balaban J connectivity index is 0.000000139. The second-order valence-corrected chi connectivity index (χ2v) is 11.7. The summed E-state index contributed by atoms with van der Waals surface area (Å²) in [5, 5.41) is 1.56. The zero-order valence-electron chi connectivity index (χ0n) is 29.1. The van der Waals surface area contributed by atoms with Crippen molar-refractivity contribution in [1.29, 1.82) is 0 Å². The third-order valence-corrected chi connectivity index (χ3v) is 8.37. The number of fused-ring (bicyclic) bond motifs is 3. The minimum atomic E-state index is -0.363. The van der Waals surface area contributed by atoms with Gasteiger partial charge in [-0.05, 0) is 34.9 Å². The number of benzene rings is 6. The van der Waals surface area contributed by atoms with E-state index in [2.05, 4.69) is 39.3 Å². The van der Waals surface area contributed by atoms with E-state index in [-0.39, 0.29) is 37.0 Å². The van der Waals surface area contributed by atoms with Crippen LogP contribution in [0.15, 0.2) is 173 Å². The van der Waals surface area contributed by atoms with E-state index in [4.69, 9.17) is 13.3 Å². The fraction of sp³-hybridized carbons (Fsp3) is 0. The van der Waals surface area contributed by atoms with E-state index in [1.165, 1.54) is 0 Å². The van der Waals surface area contributed by atoms with Gasteiger partial charge in [-0.15, -0.1) is 91.0 Å². The SMILES string of the molecule is [CH2-][n+]1c(-c2[c-]cccc2)oc(=O)c2ccccc21.[CH2-][n+]1c(-c2[c-]cccc2)oc(=O)c2ccccc21.[CH2-][n+]1c(-c2[c-]cccc2)oc(=O)c2ccccc21.[Ir+3]. The number of aromatic nitrogens is 3. The third kappa shape index (κ3) is 7.87. The average molecular weight is 901 g/mol. The number of hydrogen-bond acceptors (Lipinski definition) is 6. The molecule has 9 aromatic rings. The molecule has 0 bridgehead atoms. The molecule has 0 N–H and O–H groups in total. The van der Waals surface area contributed by atoms with Gasteiger partial charge in [0.05, 0.1) is 16.2 Å². The minimum absolute atomic E-state index is 0. The molecular weight excluding hydrogens is 871 g/mol. The first-order chi connectivity index (χ1) is 26.3. The van der Waals surface area contributed by atoms with Crippen molar-refractivity contribution < 1.29 is 47.1 Å². The molecule has 9 nitrogen and oxygen atoms in total. The van der Waals surface area contributed by atoms with E-state index in [1.54, 1.807) is 68.3 Å². The average Bonchev–Trinajstić information content (AvgIpc) is 3.23. The van der Waals surface area contributed by atoms with Crippen molar-refractivity contribution in [3.8, 4) is 34.4 Å². The Kier molecular flexibility index (Phi) is 11.5. The molecule has 0 amide bonds. The predicted octanol–water partition coefficient (Wildman–Crippen LogP) is 6.56. The van der Waals surface area contributed by atoms with E-state index < -0.39 is 0 Å². The van der Waals surface area contributed by atoms with Crippen LogP contribution >= 0.6 is 0 Å². The van der Waals surface area contributed by atoms with E-state index in [9.17, 15) is 14.4 Å². The van der Waals surface area contributed by atoms with Crippen LogP contribution in [-0.2, 0) is 20.1 Å². The van der Waals surface area contributed by atoms with Crippen LogP contribution in [-0.4, -0.2) is 0 Å². The summed E-state index contributed by atoms with van der Waals surface area (Å²) in [5.41, 5.74) is 3.23. The van der Waals surface area contributed by atoms with Crippen molar-refractivity contribution in [3.63, 3.8) is 0 Å². The molecule has 3 aromatic heterocycles. The Bertz CT molecular complexity index is 2610. The van der Waals surface area contributed by atoms with Crippen LogP contribution in [0.3, 0.4) is 0 Å². The van der Waals surface area contributed by atoms with Gasteiger partial charge >= 0.3 is 37.0 Å². The Labute approximate surface area is 329 Å². The molecule has 10 heteroatoms. The van der Waals surface area contributed by atoms with Gasteiger partial charge in [0, 0.05) is 21.1 Å². The second kappa shape index (κ2) is 16.8. The maximum Gasteiger partial charge on any atom is 3.00 e. The molecule has 3 heterocycles. The number of para-hydroxylation sites is 3. The van der Waals surface area contributed by atoms with Crippen LogP contribution in [0.1, 0.15) is 0 Å². The van der Waals surface area contributed by atoms with E-state index in [0.29, 0.717) is 50.5 Å². The summed E-state index contributed by atoms with van der Waals surface area (Å²) in [5.74, 6) is 1.21. The standard InChI is InChI=1S/3C15H10NO2.Ir/c3*1-16-13-10-6-5-9-12(13)15(17)18-14(16)11-7-3-2-4-8-11;/h3*2-7,9-10H,1H2;/q3*-1;+3. The zero-order valence-corrected chi connectivity index (χ0v) is 31.5. The van der Waals surface area contributed by atoms with Gasteiger partial charge in [0.15, 0.2) is 0 Å². The topological polar surface area (TPSA) is 102 Å². The monoisotopic (exact) mass is 901 g/mol. The van der Waals surface area contributed by atoms with E-state index in [0.717, 1.165) is 16.6 Å². The molecule has 0 unspecified atom stereocenters. The molecule has 0 saturated carbocycles. The van der Waals surface area contributed by atoms with Gasteiger partial charge in [-0.25, -0.2) is 14.4 Å². The Morgan fingerprint density at radius 3 is 0.891 bits per heavy atom. The maximum absolute atomic E-state index is 11.9. The first kappa shape index (κ1) is 37.7. The van der Waals surface area contributed by atoms with Crippen LogP contribution < -0.4 is 30.6 Å². The number of hydrogen-bond donors (Lipinski definition) is 0. The van der Waals surface area contributed by atoms with E-state index in [1.807, 2.05) is 91.0 Å². The maximum atomic E-state index is 11.9. The molecule has 0 aliphatic carbocycles. The van der Waals surface area contributed by atoms with Gasteiger partial charge < -0.3 is 13.3 Å². The Morgan fingerprint density at radius 1 is 0.382 bits per heavy atom. The summed E-state index contributed by atoms with van der Waals surface area (Å²) in [6.07, 6.45) is 0. The molecule has 0 radical (unpaired) electrons. The Morgan fingerprint density at radius 2 is 0.636 bits per heavy atom. The molecule has 0 atom stereocenters. The van der Waals surface area contributed by atoms with Gasteiger partial charge in [0.25, 0.3) is 17.7 Å². The molecule has 0 spiro atoms. The fourth-order valence-corrected chi connectivity index (χ4v) is 5.75. The Hall–Kier alpha value is -7.00. The van der Waals surface area contributed by atoms with Gasteiger partial charge in [0.1, 0.15) is 16.6 Å². The summed E-state index contributed by atoms with van der Waals surface area (Å²) in [4.78, 5) is 35.7. The zero-order chi connectivity index (χ0) is 37.6. The van der Waals surface area contributed by atoms with Crippen molar-refractivity contribution in [3.05, 3.63) is 216 Å². The molecular formula is C45H30IrN3O6. The molecule has 55 heavy (non-hydrogen) atoms. The van der Waals surface area contributed by atoms with Crippen LogP contribution in [0.25, 0.3) is 67.1 Å². The van der Waals surface area contributed by atoms with Crippen LogP contribution in [0.4, 0.5) is 0 Å². The largest absolute Gasteiger partial charge is 3.00 e. The first-order valence-corrected chi connectivity index (χ1v) is 16.6. The minimum Gasteiger partial charge on any atom is -0.417 e. The quantitative estimate of drug-likeness (QED) is 0.147. The second-order valence-electron chi connectivity index (χ2n) is 11.7. The van der Waals surface area contributed by atoms with Crippen molar-refractivity contribution in [1.82, 2.24) is 0 Å². The summed E-state index contributed by atoms with van der Waals surface area (Å²) >= 11 is 0. The normalized spacial score (nSPS) is 10.5. The van der Waals surface area contributed by atoms with Crippen molar-refractivity contribution in [2.24, 2.45) is 0 Å². The van der Waals surface area contributed by atoms with Crippen molar-refractivity contribution >= 4 is 32.7 Å². The van der Waals surface area contributed by atoms with Gasteiger partial charge in [-0.1, -0.05) is 54.6 Å². The third-order valence-electron chi connectivity index (χ3n) is 8.37. The summed E-state index contributed by atoms with van der Waals surface area (Å²) in [7, 11) is 11.8. The molecule has 6 aromatic carbocycles. The van der Waals surface area contributed by atoms with Crippen LogP contribution in [0.5, 0.6) is 0 Å². The molecule has 0 aliphatic heterocycles. The smallest absolute Gasteiger partial charge is 0.417 e. The van der Waals surface area contributed by atoms with Crippen LogP contribution in [0, 0.1) is 39.3 Å². The molecule has 0 saturated heterocycles. The van der Waals surface area contributed by atoms with Gasteiger partial charge in [0.2, 0.25) is 0 Å².